The molecule has 0 saturated heterocycles. The summed E-state index contributed by atoms with van der Waals surface area (Å²) in [5.74, 6) is 0.0470. The summed E-state index contributed by atoms with van der Waals surface area (Å²) in [6, 6.07) is 7.14. The number of nitro groups is 1. The highest BCUT2D eigenvalue weighted by atomic mass is 79.9. The van der Waals surface area contributed by atoms with E-state index in [-0.39, 0.29) is 18.1 Å². The minimum atomic E-state index is -0.497. The molecule has 0 fully saturated rings. The van der Waals surface area contributed by atoms with E-state index in [0.29, 0.717) is 24.7 Å². The summed E-state index contributed by atoms with van der Waals surface area (Å²) in [6.07, 6.45) is 0. The molecule has 0 unspecified atom stereocenters. The van der Waals surface area contributed by atoms with E-state index < -0.39 is 4.92 Å². The third-order valence-electron chi connectivity index (χ3n) is 2.50. The fourth-order valence-electron chi connectivity index (χ4n) is 1.64. The van der Waals surface area contributed by atoms with Gasteiger partial charge < -0.3 is 4.74 Å². The maximum absolute atomic E-state index is 13.3. The molecule has 0 aromatic heterocycles. The molecule has 0 saturated carbocycles. The quantitative estimate of drug-likeness (QED) is 0.420. The molecule has 0 amide bonds. The predicted octanol–water partition coefficient (Wildman–Crippen LogP) is 5.60. The summed E-state index contributed by atoms with van der Waals surface area (Å²) in [7, 11) is 0. The van der Waals surface area contributed by atoms with Gasteiger partial charge in [-0.05, 0) is 55.6 Å². The Labute approximate surface area is 144 Å². The number of halogens is 4. The van der Waals surface area contributed by atoms with Gasteiger partial charge >= 0.3 is 0 Å². The molecule has 0 atom stereocenters. The van der Waals surface area contributed by atoms with Crippen molar-refractivity contribution in [2.45, 2.75) is 6.61 Å². The van der Waals surface area contributed by atoms with Gasteiger partial charge in [0.15, 0.2) is 0 Å². The van der Waals surface area contributed by atoms with Crippen LogP contribution in [0.1, 0.15) is 5.56 Å². The summed E-state index contributed by atoms with van der Waals surface area (Å²) < 4.78 is 20.4. The lowest BCUT2D eigenvalue weighted by molar-refractivity contribution is -0.385. The number of rotatable bonds is 4. The summed E-state index contributed by atoms with van der Waals surface area (Å²) in [6.45, 7) is 0.130. The molecule has 0 aliphatic carbocycles. The second-order valence-electron chi connectivity index (χ2n) is 4.06. The molecule has 0 radical (unpaired) electrons. The van der Waals surface area contributed by atoms with Crippen molar-refractivity contribution in [3.8, 4) is 5.75 Å². The summed E-state index contributed by atoms with van der Waals surface area (Å²) >= 11 is 9.66. The van der Waals surface area contributed by atoms with E-state index in [2.05, 4.69) is 47.8 Å². The Kier molecular flexibility index (Phi) is 5.34. The van der Waals surface area contributed by atoms with E-state index in [1.807, 2.05) is 0 Å². The van der Waals surface area contributed by atoms with Crippen LogP contribution >= 0.6 is 47.8 Å². The maximum Gasteiger partial charge on any atom is 0.271 e. The van der Waals surface area contributed by atoms with Crippen LogP contribution in [-0.2, 0) is 6.61 Å². The SMILES string of the molecule is O=[N+]([O-])c1cc(Br)c(OCc2cc(F)cc(Br)c2)c(Br)c1. The van der Waals surface area contributed by atoms with E-state index in [4.69, 9.17) is 4.74 Å². The zero-order chi connectivity index (χ0) is 15.6. The smallest absolute Gasteiger partial charge is 0.271 e. The Bertz CT molecular complexity index is 666. The van der Waals surface area contributed by atoms with E-state index >= 15 is 0 Å². The van der Waals surface area contributed by atoms with Gasteiger partial charge in [0.2, 0.25) is 0 Å². The first-order valence-electron chi connectivity index (χ1n) is 5.58. The van der Waals surface area contributed by atoms with Crippen LogP contribution in [0.25, 0.3) is 0 Å². The van der Waals surface area contributed by atoms with Crippen molar-refractivity contribution in [3.05, 3.63) is 65.2 Å². The maximum atomic E-state index is 13.3. The molecule has 0 N–H and O–H groups in total. The van der Waals surface area contributed by atoms with E-state index in [1.54, 1.807) is 6.07 Å². The topological polar surface area (TPSA) is 52.4 Å². The monoisotopic (exact) mass is 481 g/mol. The Hall–Kier alpha value is -0.990. The number of nitrogens with zero attached hydrogens (tertiary/aromatic N) is 1. The summed E-state index contributed by atoms with van der Waals surface area (Å²) in [4.78, 5) is 10.3. The minimum absolute atomic E-state index is 0.0606. The van der Waals surface area contributed by atoms with Crippen LogP contribution in [-0.4, -0.2) is 4.92 Å². The molecular formula is C13H7Br3FNO3. The molecule has 0 heterocycles. The summed E-state index contributed by atoms with van der Waals surface area (Å²) in [5, 5.41) is 10.7. The number of non-ortho nitro benzene ring substituents is 1. The van der Waals surface area contributed by atoms with Crippen LogP contribution in [0.3, 0.4) is 0 Å². The lowest BCUT2D eigenvalue weighted by Gasteiger charge is -2.10. The van der Waals surface area contributed by atoms with Crippen molar-refractivity contribution < 1.29 is 14.1 Å². The number of benzene rings is 2. The van der Waals surface area contributed by atoms with Gasteiger partial charge in [-0.25, -0.2) is 4.39 Å². The Morgan fingerprint density at radius 1 is 1.10 bits per heavy atom. The first-order valence-corrected chi connectivity index (χ1v) is 7.96. The van der Waals surface area contributed by atoms with Crippen LogP contribution in [0.2, 0.25) is 0 Å². The van der Waals surface area contributed by atoms with Crippen LogP contribution in [0, 0.1) is 15.9 Å². The van der Waals surface area contributed by atoms with Gasteiger partial charge in [-0.15, -0.1) is 0 Å². The Balaban J connectivity index is 2.22. The molecule has 0 bridgehead atoms. The zero-order valence-electron chi connectivity index (χ0n) is 10.3. The average Bonchev–Trinajstić information content (AvgIpc) is 2.36. The molecule has 4 nitrogen and oxygen atoms in total. The molecular weight excluding hydrogens is 477 g/mol. The molecule has 2 aromatic rings. The van der Waals surface area contributed by atoms with E-state index in [1.165, 1.54) is 24.3 Å². The van der Waals surface area contributed by atoms with Crippen LogP contribution in [0.4, 0.5) is 10.1 Å². The standard InChI is InChI=1S/C13H7Br3FNO3/c14-8-1-7(2-9(17)3-8)6-21-13-11(15)4-10(18(19)20)5-12(13)16/h1-5H,6H2. The van der Waals surface area contributed by atoms with E-state index in [0.717, 1.165) is 0 Å². The van der Waals surface area contributed by atoms with E-state index in [9.17, 15) is 14.5 Å². The average molecular weight is 484 g/mol. The Morgan fingerprint density at radius 2 is 1.71 bits per heavy atom. The van der Waals surface area contributed by atoms with Crippen molar-refractivity contribution in [2.75, 3.05) is 0 Å². The molecule has 2 rings (SSSR count). The van der Waals surface area contributed by atoms with Gasteiger partial charge in [0.05, 0.1) is 13.9 Å². The van der Waals surface area contributed by atoms with Crippen molar-refractivity contribution in [3.63, 3.8) is 0 Å². The molecule has 0 aliphatic heterocycles. The van der Waals surface area contributed by atoms with Crippen LogP contribution in [0.15, 0.2) is 43.7 Å². The van der Waals surface area contributed by atoms with Crippen LogP contribution in [0.5, 0.6) is 5.75 Å². The van der Waals surface area contributed by atoms with Crippen molar-refractivity contribution in [1.29, 1.82) is 0 Å². The Morgan fingerprint density at radius 3 is 2.24 bits per heavy atom. The van der Waals surface area contributed by atoms with Gasteiger partial charge in [-0.1, -0.05) is 15.9 Å². The van der Waals surface area contributed by atoms with Gasteiger partial charge in [-0.2, -0.15) is 0 Å². The van der Waals surface area contributed by atoms with Gasteiger partial charge in [-0.3, -0.25) is 10.1 Å². The second kappa shape index (κ2) is 6.85. The van der Waals surface area contributed by atoms with Gasteiger partial charge in [0, 0.05) is 16.6 Å². The predicted molar refractivity (Wildman–Crippen MR) is 86.9 cm³/mol. The molecule has 110 valence electrons. The lowest BCUT2D eigenvalue weighted by atomic mass is 10.2. The fourth-order valence-corrected chi connectivity index (χ4v) is 3.54. The minimum Gasteiger partial charge on any atom is -0.487 e. The van der Waals surface area contributed by atoms with Gasteiger partial charge in [0.1, 0.15) is 18.2 Å². The molecule has 0 aliphatic rings. The first kappa shape index (κ1) is 16.4. The molecule has 21 heavy (non-hydrogen) atoms. The van der Waals surface area contributed by atoms with Crippen molar-refractivity contribution in [1.82, 2.24) is 0 Å². The molecule has 0 spiro atoms. The molecule has 8 heteroatoms. The lowest BCUT2D eigenvalue weighted by Crippen LogP contribution is -1.99. The number of hydrogen-bond donors (Lipinski definition) is 0. The van der Waals surface area contributed by atoms with Crippen molar-refractivity contribution in [2.24, 2.45) is 0 Å². The van der Waals surface area contributed by atoms with Crippen LogP contribution < -0.4 is 4.74 Å². The third kappa shape index (κ3) is 4.24. The van der Waals surface area contributed by atoms with Gasteiger partial charge in [0.25, 0.3) is 5.69 Å². The fraction of sp³-hybridized carbons (Fsp3) is 0.0769. The third-order valence-corrected chi connectivity index (χ3v) is 4.14. The van der Waals surface area contributed by atoms with Crippen molar-refractivity contribution >= 4 is 53.5 Å². The first-order chi connectivity index (χ1) is 9.86. The highest BCUT2D eigenvalue weighted by Gasteiger charge is 2.15. The number of hydrogen-bond acceptors (Lipinski definition) is 3. The zero-order valence-corrected chi connectivity index (χ0v) is 15.0. The number of nitro benzene ring substituents is 1. The normalized spacial score (nSPS) is 10.5. The highest BCUT2D eigenvalue weighted by Crippen LogP contribution is 2.37. The highest BCUT2D eigenvalue weighted by molar-refractivity contribution is 9.11. The number of ether oxygens (including phenoxy) is 1. The molecule has 2 aromatic carbocycles. The largest absolute Gasteiger partial charge is 0.487 e. The second-order valence-corrected chi connectivity index (χ2v) is 6.69. The summed E-state index contributed by atoms with van der Waals surface area (Å²) in [5.41, 5.74) is 0.577.